The van der Waals surface area contributed by atoms with Crippen LogP contribution in [0.1, 0.15) is 30.4 Å². The first-order chi connectivity index (χ1) is 13.2. The minimum atomic E-state index is -0.908. The van der Waals surface area contributed by atoms with Crippen LogP contribution >= 0.6 is 0 Å². The molecule has 0 fully saturated rings. The van der Waals surface area contributed by atoms with Crippen LogP contribution in [0.2, 0.25) is 0 Å². The van der Waals surface area contributed by atoms with E-state index in [9.17, 15) is 18.4 Å². The predicted octanol–water partition coefficient (Wildman–Crippen LogP) is 2.51. The first kappa shape index (κ1) is 19.2. The van der Waals surface area contributed by atoms with E-state index in [0.29, 0.717) is 11.6 Å². The zero-order chi connectivity index (χ0) is 20.6. The van der Waals surface area contributed by atoms with Crippen LogP contribution in [0.25, 0.3) is 22.5 Å². The topological polar surface area (TPSA) is 117 Å². The van der Waals surface area contributed by atoms with E-state index in [-0.39, 0.29) is 40.1 Å². The zero-order valence-electron chi connectivity index (χ0n) is 15.1. The first-order valence-corrected chi connectivity index (χ1v) is 8.34. The van der Waals surface area contributed by atoms with Crippen LogP contribution in [0.5, 0.6) is 0 Å². The molecule has 0 bridgehead atoms. The van der Waals surface area contributed by atoms with Crippen molar-refractivity contribution in [1.82, 2.24) is 14.5 Å². The Labute approximate surface area is 158 Å². The fraction of sp³-hybridized carbons (Fsp3) is 0.158. The number of halogens is 2. The van der Waals surface area contributed by atoms with E-state index >= 15 is 0 Å². The highest BCUT2D eigenvalue weighted by atomic mass is 19.1. The molecular formula is C19H17F2N5O2. The van der Waals surface area contributed by atoms with Crippen LogP contribution in [0.3, 0.4) is 0 Å². The molecule has 0 aliphatic heterocycles. The maximum Gasteiger partial charge on any atom is 0.271 e. The minimum absolute atomic E-state index is 0.00560. The summed E-state index contributed by atoms with van der Waals surface area (Å²) < 4.78 is 29.2. The monoisotopic (exact) mass is 385 g/mol. The molecule has 144 valence electrons. The van der Waals surface area contributed by atoms with Crippen LogP contribution in [0.4, 0.5) is 14.6 Å². The van der Waals surface area contributed by atoms with Crippen LogP contribution in [0.15, 0.2) is 41.3 Å². The summed E-state index contributed by atoms with van der Waals surface area (Å²) in [5.74, 6) is -2.83. The standard InChI is InChI=1S/C19H17F2N5O2/c1-9(2)26-8-10(3-6-14(26)27)15-16(12-5-4-11(20)7-13(12)21)25-18(22)17(24-15)19(23)28/h3-9H,1-2H3,(H2,22,25)(H2,23,28). The lowest BCUT2D eigenvalue weighted by Crippen LogP contribution is -2.21. The number of amides is 1. The van der Waals surface area contributed by atoms with E-state index in [1.54, 1.807) is 0 Å². The lowest BCUT2D eigenvalue weighted by atomic mass is 10.0. The number of anilines is 1. The van der Waals surface area contributed by atoms with Gasteiger partial charge >= 0.3 is 0 Å². The van der Waals surface area contributed by atoms with Crippen molar-refractivity contribution >= 4 is 11.7 Å². The van der Waals surface area contributed by atoms with Gasteiger partial charge in [0.05, 0.1) is 5.69 Å². The highest BCUT2D eigenvalue weighted by Gasteiger charge is 2.21. The summed E-state index contributed by atoms with van der Waals surface area (Å²) in [4.78, 5) is 32.0. The van der Waals surface area contributed by atoms with E-state index in [0.717, 1.165) is 6.07 Å². The summed E-state index contributed by atoms with van der Waals surface area (Å²) in [5.41, 5.74) is 10.9. The Balaban J connectivity index is 2.35. The van der Waals surface area contributed by atoms with Crippen molar-refractivity contribution in [2.45, 2.75) is 19.9 Å². The second-order valence-electron chi connectivity index (χ2n) is 6.40. The number of rotatable bonds is 4. The molecule has 0 saturated carbocycles. The van der Waals surface area contributed by atoms with Gasteiger partial charge in [0.2, 0.25) is 0 Å². The zero-order valence-corrected chi connectivity index (χ0v) is 15.1. The number of nitrogens with two attached hydrogens (primary N) is 2. The molecule has 0 atom stereocenters. The molecule has 1 aromatic carbocycles. The van der Waals surface area contributed by atoms with E-state index in [1.807, 2.05) is 13.8 Å². The smallest absolute Gasteiger partial charge is 0.271 e. The number of primary amides is 1. The lowest BCUT2D eigenvalue weighted by Gasteiger charge is -2.15. The van der Waals surface area contributed by atoms with Crippen LogP contribution in [0, 0.1) is 11.6 Å². The number of pyridine rings is 1. The summed E-state index contributed by atoms with van der Waals surface area (Å²) in [6, 6.07) is 5.60. The Hall–Kier alpha value is -3.62. The predicted molar refractivity (Wildman–Crippen MR) is 100 cm³/mol. The van der Waals surface area contributed by atoms with Crippen molar-refractivity contribution < 1.29 is 13.6 Å². The van der Waals surface area contributed by atoms with Crippen LogP contribution in [-0.2, 0) is 0 Å². The van der Waals surface area contributed by atoms with Crippen LogP contribution < -0.4 is 17.0 Å². The number of nitrogen functional groups attached to an aromatic ring is 1. The van der Waals surface area contributed by atoms with Gasteiger partial charge in [-0.05, 0) is 32.0 Å². The minimum Gasteiger partial charge on any atom is -0.382 e. The number of nitrogens with zero attached hydrogens (tertiary/aromatic N) is 3. The van der Waals surface area contributed by atoms with Crippen LogP contribution in [-0.4, -0.2) is 20.4 Å². The number of carbonyl (C=O) groups is 1. The second-order valence-corrected chi connectivity index (χ2v) is 6.40. The molecular weight excluding hydrogens is 368 g/mol. The summed E-state index contributed by atoms with van der Waals surface area (Å²) in [7, 11) is 0. The molecule has 0 aliphatic carbocycles. The van der Waals surface area contributed by atoms with Crippen molar-refractivity contribution in [3.63, 3.8) is 0 Å². The number of hydrogen-bond donors (Lipinski definition) is 2. The van der Waals surface area contributed by atoms with E-state index in [2.05, 4.69) is 9.97 Å². The molecule has 7 nitrogen and oxygen atoms in total. The number of hydrogen-bond acceptors (Lipinski definition) is 5. The molecule has 28 heavy (non-hydrogen) atoms. The van der Waals surface area contributed by atoms with Gasteiger partial charge in [0.1, 0.15) is 17.3 Å². The maximum atomic E-state index is 14.4. The average molecular weight is 385 g/mol. The normalized spacial score (nSPS) is 11.0. The number of benzene rings is 1. The average Bonchev–Trinajstić information content (AvgIpc) is 2.61. The summed E-state index contributed by atoms with van der Waals surface area (Å²) in [5, 5.41) is 0. The van der Waals surface area contributed by atoms with Crippen molar-refractivity contribution in [2.75, 3.05) is 5.73 Å². The van der Waals surface area contributed by atoms with E-state index in [1.165, 1.54) is 29.0 Å². The molecule has 9 heteroatoms. The van der Waals surface area contributed by atoms with E-state index < -0.39 is 17.5 Å². The molecule has 1 amide bonds. The third-order valence-electron chi connectivity index (χ3n) is 4.11. The summed E-state index contributed by atoms with van der Waals surface area (Å²) in [6.45, 7) is 3.63. The lowest BCUT2D eigenvalue weighted by molar-refractivity contribution is 0.0996. The Morgan fingerprint density at radius 3 is 2.43 bits per heavy atom. The molecule has 0 saturated heterocycles. The van der Waals surface area contributed by atoms with Gasteiger partial charge in [-0.3, -0.25) is 9.59 Å². The molecule has 2 aromatic heterocycles. The molecule has 0 aliphatic rings. The molecule has 0 unspecified atom stereocenters. The highest BCUT2D eigenvalue weighted by molar-refractivity contribution is 5.96. The fourth-order valence-corrected chi connectivity index (χ4v) is 2.75. The van der Waals surface area contributed by atoms with Gasteiger partial charge in [-0.15, -0.1) is 0 Å². The summed E-state index contributed by atoms with van der Waals surface area (Å²) >= 11 is 0. The summed E-state index contributed by atoms with van der Waals surface area (Å²) in [6.07, 6.45) is 1.52. The van der Waals surface area contributed by atoms with Gasteiger partial charge in [-0.25, -0.2) is 18.7 Å². The molecule has 0 radical (unpaired) electrons. The third kappa shape index (κ3) is 3.46. The Morgan fingerprint density at radius 2 is 1.82 bits per heavy atom. The number of aromatic nitrogens is 3. The molecule has 3 aromatic rings. The molecule has 2 heterocycles. The Morgan fingerprint density at radius 1 is 1.11 bits per heavy atom. The fourth-order valence-electron chi connectivity index (χ4n) is 2.75. The van der Waals surface area contributed by atoms with Gasteiger partial charge in [-0.1, -0.05) is 0 Å². The van der Waals surface area contributed by atoms with Gasteiger partial charge in [0.15, 0.2) is 11.5 Å². The van der Waals surface area contributed by atoms with Crippen molar-refractivity contribution in [3.05, 3.63) is 64.2 Å². The Kier molecular flexibility index (Phi) is 4.91. The first-order valence-electron chi connectivity index (χ1n) is 8.34. The molecule has 0 spiro atoms. The maximum absolute atomic E-state index is 14.4. The molecule has 4 N–H and O–H groups in total. The second kappa shape index (κ2) is 7.18. The quantitative estimate of drug-likeness (QED) is 0.716. The van der Waals surface area contributed by atoms with Crippen molar-refractivity contribution in [3.8, 4) is 22.5 Å². The van der Waals surface area contributed by atoms with E-state index in [4.69, 9.17) is 11.5 Å². The van der Waals surface area contributed by atoms with Gasteiger partial charge < -0.3 is 16.0 Å². The SMILES string of the molecule is CC(C)n1cc(-c2nc(C(N)=O)c(N)nc2-c2ccc(F)cc2F)ccc1=O. The largest absolute Gasteiger partial charge is 0.382 e. The van der Waals surface area contributed by atoms with Gasteiger partial charge in [0, 0.05) is 35.5 Å². The van der Waals surface area contributed by atoms with Crippen molar-refractivity contribution in [1.29, 1.82) is 0 Å². The van der Waals surface area contributed by atoms with Gasteiger partial charge in [-0.2, -0.15) is 0 Å². The number of carbonyl (C=O) groups excluding carboxylic acids is 1. The van der Waals surface area contributed by atoms with Gasteiger partial charge in [0.25, 0.3) is 11.5 Å². The third-order valence-corrected chi connectivity index (χ3v) is 4.11. The van der Waals surface area contributed by atoms with Crippen molar-refractivity contribution in [2.24, 2.45) is 5.73 Å². The Bertz CT molecular complexity index is 1140. The molecule has 3 rings (SSSR count). The highest BCUT2D eigenvalue weighted by Crippen LogP contribution is 2.32.